The summed E-state index contributed by atoms with van der Waals surface area (Å²) in [5, 5.41) is 3.49. The molecule has 50 heavy (non-hydrogen) atoms. The van der Waals surface area contributed by atoms with E-state index in [0.29, 0.717) is 0 Å². The maximum absolute atomic E-state index is 5.33. The minimum absolute atomic E-state index is 0.957. The van der Waals surface area contributed by atoms with E-state index in [9.17, 15) is 0 Å². The Balaban J connectivity index is 1.23. The number of benzene rings is 7. The normalized spacial score (nSPS) is 11.2. The molecule has 234 valence electrons. The molecule has 9 rings (SSSR count). The van der Waals surface area contributed by atoms with Crippen molar-refractivity contribution in [3.63, 3.8) is 0 Å². The topological polar surface area (TPSA) is 25.8 Å². The molecule has 0 saturated carbocycles. The molecule has 0 aliphatic rings. The van der Waals surface area contributed by atoms with Gasteiger partial charge in [-0.15, -0.1) is 0 Å². The Kier molecular flexibility index (Phi) is 7.53. The highest BCUT2D eigenvalue weighted by atomic mass is 14.7. The van der Waals surface area contributed by atoms with Crippen molar-refractivity contribution in [3.05, 3.63) is 194 Å². The van der Waals surface area contributed by atoms with Crippen LogP contribution in [0, 0.1) is 0 Å². The van der Waals surface area contributed by atoms with Gasteiger partial charge >= 0.3 is 0 Å². The SMILES string of the molecule is c1ccc(-c2cc(-c3ccc(-c4cc(-c5ccccc5)nc5c4cc(-c4ccccc4)c4ccccc45)cc3)cc(-c3ccccc3)n2)cc1. The lowest BCUT2D eigenvalue weighted by atomic mass is 9.90. The Morgan fingerprint density at radius 1 is 0.240 bits per heavy atom. The van der Waals surface area contributed by atoms with Crippen molar-refractivity contribution in [1.82, 2.24) is 9.97 Å². The van der Waals surface area contributed by atoms with Gasteiger partial charge in [0.1, 0.15) is 0 Å². The smallest absolute Gasteiger partial charge is 0.0794 e. The number of rotatable bonds is 6. The third-order valence-electron chi connectivity index (χ3n) is 9.47. The molecule has 0 saturated heterocycles. The van der Waals surface area contributed by atoms with E-state index >= 15 is 0 Å². The Morgan fingerprint density at radius 3 is 1.18 bits per heavy atom. The summed E-state index contributed by atoms with van der Waals surface area (Å²) in [4.78, 5) is 10.4. The van der Waals surface area contributed by atoms with Gasteiger partial charge in [0.05, 0.1) is 22.6 Å². The van der Waals surface area contributed by atoms with Crippen LogP contribution in [0.1, 0.15) is 0 Å². The predicted octanol–water partition coefficient (Wildman–Crippen LogP) is 12.8. The predicted molar refractivity (Wildman–Crippen MR) is 210 cm³/mol. The van der Waals surface area contributed by atoms with Crippen LogP contribution in [0.5, 0.6) is 0 Å². The van der Waals surface area contributed by atoms with E-state index in [1.54, 1.807) is 0 Å². The fourth-order valence-electron chi connectivity index (χ4n) is 6.96. The minimum Gasteiger partial charge on any atom is -0.248 e. The Morgan fingerprint density at radius 2 is 0.640 bits per heavy atom. The molecule has 0 atom stereocenters. The lowest BCUT2D eigenvalue weighted by Gasteiger charge is -2.16. The summed E-state index contributed by atoms with van der Waals surface area (Å²) in [6.07, 6.45) is 0. The average Bonchev–Trinajstić information content (AvgIpc) is 3.21. The lowest BCUT2D eigenvalue weighted by molar-refractivity contribution is 1.32. The maximum atomic E-state index is 5.33. The monoisotopic (exact) mass is 636 g/mol. The molecule has 0 aliphatic carbocycles. The van der Waals surface area contributed by atoms with Crippen LogP contribution >= 0.6 is 0 Å². The molecular formula is C48H32N2. The van der Waals surface area contributed by atoms with Gasteiger partial charge in [-0.1, -0.05) is 170 Å². The van der Waals surface area contributed by atoms with Gasteiger partial charge in [-0.2, -0.15) is 0 Å². The van der Waals surface area contributed by atoms with Crippen LogP contribution in [0.25, 0.3) is 88.8 Å². The first kappa shape index (κ1) is 29.5. The molecule has 0 radical (unpaired) electrons. The fourth-order valence-corrected chi connectivity index (χ4v) is 6.96. The molecule has 7 aromatic carbocycles. The van der Waals surface area contributed by atoms with E-state index in [0.717, 1.165) is 72.3 Å². The van der Waals surface area contributed by atoms with Gasteiger partial charge in [0.2, 0.25) is 0 Å². The van der Waals surface area contributed by atoms with Crippen LogP contribution in [-0.2, 0) is 0 Å². The highest BCUT2D eigenvalue weighted by Gasteiger charge is 2.16. The average molecular weight is 637 g/mol. The summed E-state index contributed by atoms with van der Waals surface area (Å²) >= 11 is 0. The first-order chi connectivity index (χ1) is 24.8. The van der Waals surface area contributed by atoms with Gasteiger partial charge in [0.15, 0.2) is 0 Å². The molecule has 9 aromatic rings. The van der Waals surface area contributed by atoms with Gasteiger partial charge in [-0.05, 0) is 63.0 Å². The van der Waals surface area contributed by atoms with E-state index in [1.165, 1.54) is 16.5 Å². The zero-order valence-electron chi connectivity index (χ0n) is 27.4. The van der Waals surface area contributed by atoms with Crippen LogP contribution < -0.4 is 0 Å². The first-order valence-electron chi connectivity index (χ1n) is 17.0. The summed E-state index contributed by atoms with van der Waals surface area (Å²) < 4.78 is 0. The van der Waals surface area contributed by atoms with Crippen molar-refractivity contribution < 1.29 is 0 Å². The number of aromatic nitrogens is 2. The summed E-state index contributed by atoms with van der Waals surface area (Å²) in [5.41, 5.74) is 14.2. The van der Waals surface area contributed by atoms with E-state index < -0.39 is 0 Å². The quantitative estimate of drug-likeness (QED) is 0.170. The molecule has 0 spiro atoms. The van der Waals surface area contributed by atoms with E-state index in [2.05, 4.69) is 182 Å². The number of nitrogens with zero attached hydrogens (tertiary/aromatic N) is 2. The Labute approximate surface area is 292 Å². The summed E-state index contributed by atoms with van der Waals surface area (Å²) in [7, 11) is 0. The van der Waals surface area contributed by atoms with Gasteiger partial charge < -0.3 is 0 Å². The summed E-state index contributed by atoms with van der Waals surface area (Å²) in [6.45, 7) is 0. The van der Waals surface area contributed by atoms with E-state index in [4.69, 9.17) is 9.97 Å². The molecular weight excluding hydrogens is 605 g/mol. The highest BCUT2D eigenvalue weighted by molar-refractivity contribution is 6.16. The van der Waals surface area contributed by atoms with Gasteiger partial charge in [0.25, 0.3) is 0 Å². The van der Waals surface area contributed by atoms with E-state index in [1.807, 2.05) is 12.1 Å². The lowest BCUT2D eigenvalue weighted by Crippen LogP contribution is -1.93. The molecule has 2 heteroatoms. The van der Waals surface area contributed by atoms with Crippen molar-refractivity contribution in [2.75, 3.05) is 0 Å². The van der Waals surface area contributed by atoms with Gasteiger partial charge in [-0.25, -0.2) is 9.97 Å². The fraction of sp³-hybridized carbons (Fsp3) is 0. The second-order valence-electron chi connectivity index (χ2n) is 12.6. The van der Waals surface area contributed by atoms with Crippen molar-refractivity contribution in [1.29, 1.82) is 0 Å². The second kappa shape index (κ2) is 12.8. The van der Waals surface area contributed by atoms with Crippen LogP contribution in [0.2, 0.25) is 0 Å². The first-order valence-corrected chi connectivity index (χ1v) is 17.0. The number of pyridine rings is 2. The maximum Gasteiger partial charge on any atom is 0.0794 e. The third kappa shape index (κ3) is 5.53. The molecule has 0 N–H and O–H groups in total. The molecule has 0 amide bonds. The molecule has 0 fully saturated rings. The molecule has 0 bridgehead atoms. The second-order valence-corrected chi connectivity index (χ2v) is 12.6. The number of fused-ring (bicyclic) bond motifs is 3. The summed E-state index contributed by atoms with van der Waals surface area (Å²) in [5.74, 6) is 0. The molecule has 0 unspecified atom stereocenters. The van der Waals surface area contributed by atoms with Crippen LogP contribution in [0.15, 0.2) is 194 Å². The van der Waals surface area contributed by atoms with Gasteiger partial charge in [-0.3, -0.25) is 0 Å². The van der Waals surface area contributed by atoms with Crippen molar-refractivity contribution in [3.8, 4) is 67.2 Å². The molecule has 2 heterocycles. The van der Waals surface area contributed by atoms with E-state index in [-0.39, 0.29) is 0 Å². The minimum atomic E-state index is 0.957. The molecule has 0 aliphatic heterocycles. The standard InChI is InChI=1S/C48H32N2/c1-5-15-34(16-6-1)42-31-44-43(32-47(38-21-11-4-12-22-38)50-48(44)41-24-14-13-23-40(41)42)35-27-25-33(26-28-35)39-29-45(36-17-7-2-8-18-36)49-46(30-39)37-19-9-3-10-20-37/h1-32H. The Bertz CT molecular complexity index is 2540. The molecule has 2 nitrogen and oxygen atoms in total. The van der Waals surface area contributed by atoms with Crippen LogP contribution in [-0.4, -0.2) is 9.97 Å². The van der Waals surface area contributed by atoms with Crippen molar-refractivity contribution >= 4 is 21.7 Å². The summed E-state index contributed by atoms with van der Waals surface area (Å²) in [6, 6.07) is 68.6. The molecule has 2 aromatic heterocycles. The zero-order valence-corrected chi connectivity index (χ0v) is 27.4. The Hall–Kier alpha value is -6.64. The zero-order chi connectivity index (χ0) is 33.3. The number of hydrogen-bond acceptors (Lipinski definition) is 2. The third-order valence-corrected chi connectivity index (χ3v) is 9.47. The van der Waals surface area contributed by atoms with Crippen LogP contribution in [0.3, 0.4) is 0 Å². The largest absolute Gasteiger partial charge is 0.248 e. The van der Waals surface area contributed by atoms with Crippen LogP contribution in [0.4, 0.5) is 0 Å². The number of hydrogen-bond donors (Lipinski definition) is 0. The van der Waals surface area contributed by atoms with Crippen molar-refractivity contribution in [2.45, 2.75) is 0 Å². The highest BCUT2D eigenvalue weighted by Crippen LogP contribution is 2.41. The van der Waals surface area contributed by atoms with Gasteiger partial charge in [0, 0.05) is 27.5 Å². The van der Waals surface area contributed by atoms with Crippen molar-refractivity contribution in [2.24, 2.45) is 0 Å².